The Morgan fingerprint density at radius 3 is 2.42 bits per heavy atom. The molecule has 0 unspecified atom stereocenters. The Balaban J connectivity index is 1.79. The predicted molar refractivity (Wildman–Crippen MR) is 92.4 cm³/mol. The van der Waals surface area contributed by atoms with Crippen molar-refractivity contribution < 1.29 is 14.0 Å². The van der Waals surface area contributed by atoms with E-state index in [4.69, 9.17) is 0 Å². The van der Waals surface area contributed by atoms with Gasteiger partial charge in [0.15, 0.2) is 0 Å². The Morgan fingerprint density at radius 1 is 1.00 bits per heavy atom. The number of halogens is 1. The fraction of sp³-hybridized carbons (Fsp3) is 0.263. The Bertz CT molecular complexity index is 699. The van der Waals surface area contributed by atoms with E-state index in [9.17, 15) is 14.0 Å². The lowest BCUT2D eigenvalue weighted by Crippen LogP contribution is -2.21. The number of amides is 2. The van der Waals surface area contributed by atoms with Crippen LogP contribution in [0.4, 0.5) is 10.1 Å². The highest BCUT2D eigenvalue weighted by Crippen LogP contribution is 2.16. The summed E-state index contributed by atoms with van der Waals surface area (Å²) in [5.41, 5.74) is 2.02. The van der Waals surface area contributed by atoms with Crippen molar-refractivity contribution in [3.8, 4) is 0 Å². The second kappa shape index (κ2) is 8.82. The first kappa shape index (κ1) is 17.7. The molecule has 0 saturated heterocycles. The highest BCUT2D eigenvalue weighted by molar-refractivity contribution is 6.03. The molecule has 0 aliphatic heterocycles. The van der Waals surface area contributed by atoms with Gasteiger partial charge in [0.05, 0.1) is 11.3 Å². The smallest absolute Gasteiger partial charge is 0.253 e. The maximum atomic E-state index is 12.8. The van der Waals surface area contributed by atoms with Gasteiger partial charge in [-0.2, -0.15) is 0 Å². The summed E-state index contributed by atoms with van der Waals surface area (Å²) in [7, 11) is 1.55. The molecule has 4 nitrogen and oxygen atoms in total. The summed E-state index contributed by atoms with van der Waals surface area (Å²) in [5, 5.41) is 5.33. The van der Waals surface area contributed by atoms with Crippen LogP contribution in [0, 0.1) is 5.82 Å². The monoisotopic (exact) mass is 328 g/mol. The number of hydrogen-bond acceptors (Lipinski definition) is 2. The number of hydrogen-bond donors (Lipinski definition) is 2. The van der Waals surface area contributed by atoms with E-state index in [2.05, 4.69) is 10.6 Å². The summed E-state index contributed by atoms with van der Waals surface area (Å²) in [5.74, 6) is -0.597. The van der Waals surface area contributed by atoms with E-state index >= 15 is 0 Å². The SMILES string of the molecule is CNC(=O)c1ccccc1NC(=O)CCCCc1ccc(F)cc1. The van der Waals surface area contributed by atoms with Gasteiger partial charge in [-0.25, -0.2) is 4.39 Å². The van der Waals surface area contributed by atoms with Gasteiger partial charge in [0.1, 0.15) is 5.82 Å². The Morgan fingerprint density at radius 2 is 1.71 bits per heavy atom. The third kappa shape index (κ3) is 5.19. The number of aryl methyl sites for hydroxylation is 1. The number of rotatable bonds is 7. The van der Waals surface area contributed by atoms with Gasteiger partial charge in [-0.3, -0.25) is 9.59 Å². The second-order valence-corrected chi connectivity index (χ2v) is 5.51. The third-order valence-corrected chi connectivity index (χ3v) is 3.71. The molecule has 126 valence electrons. The van der Waals surface area contributed by atoms with Crippen molar-refractivity contribution in [3.05, 3.63) is 65.5 Å². The predicted octanol–water partition coefficient (Wildman–Crippen LogP) is 3.54. The van der Waals surface area contributed by atoms with Gasteiger partial charge in [0, 0.05) is 13.5 Å². The van der Waals surface area contributed by atoms with Crippen LogP contribution in [0.25, 0.3) is 0 Å². The summed E-state index contributed by atoms with van der Waals surface area (Å²) in [4.78, 5) is 23.8. The van der Waals surface area contributed by atoms with E-state index in [1.165, 1.54) is 12.1 Å². The van der Waals surface area contributed by atoms with E-state index in [0.29, 0.717) is 17.7 Å². The van der Waals surface area contributed by atoms with Gasteiger partial charge in [0.2, 0.25) is 5.91 Å². The average molecular weight is 328 g/mol. The van der Waals surface area contributed by atoms with Crippen LogP contribution in [0.3, 0.4) is 0 Å². The lowest BCUT2D eigenvalue weighted by Gasteiger charge is -2.10. The lowest BCUT2D eigenvalue weighted by molar-refractivity contribution is -0.116. The van der Waals surface area contributed by atoms with Gasteiger partial charge < -0.3 is 10.6 Å². The first-order chi connectivity index (χ1) is 11.6. The molecule has 0 bridgehead atoms. The summed E-state index contributed by atoms with van der Waals surface area (Å²) in [6.45, 7) is 0. The molecule has 2 amide bonds. The Labute approximate surface area is 141 Å². The van der Waals surface area contributed by atoms with Crippen LogP contribution in [0.5, 0.6) is 0 Å². The number of para-hydroxylation sites is 1. The maximum Gasteiger partial charge on any atom is 0.253 e. The second-order valence-electron chi connectivity index (χ2n) is 5.51. The van der Waals surface area contributed by atoms with Crippen LogP contribution in [-0.4, -0.2) is 18.9 Å². The van der Waals surface area contributed by atoms with Crippen molar-refractivity contribution in [3.63, 3.8) is 0 Å². The van der Waals surface area contributed by atoms with Gasteiger partial charge in [-0.15, -0.1) is 0 Å². The molecule has 0 spiro atoms. The van der Waals surface area contributed by atoms with E-state index in [0.717, 1.165) is 24.8 Å². The first-order valence-corrected chi connectivity index (χ1v) is 7.95. The highest BCUT2D eigenvalue weighted by Gasteiger charge is 2.11. The molecule has 0 aliphatic carbocycles. The van der Waals surface area contributed by atoms with Crippen molar-refractivity contribution in [2.45, 2.75) is 25.7 Å². The zero-order valence-electron chi connectivity index (χ0n) is 13.6. The number of carbonyl (C=O) groups is 2. The minimum absolute atomic E-state index is 0.120. The fourth-order valence-electron chi connectivity index (χ4n) is 2.40. The van der Waals surface area contributed by atoms with Crippen LogP contribution >= 0.6 is 0 Å². The first-order valence-electron chi connectivity index (χ1n) is 7.95. The van der Waals surface area contributed by atoms with Gasteiger partial charge in [-0.1, -0.05) is 24.3 Å². The van der Waals surface area contributed by atoms with Crippen molar-refractivity contribution in [1.82, 2.24) is 5.32 Å². The zero-order valence-corrected chi connectivity index (χ0v) is 13.6. The van der Waals surface area contributed by atoms with Crippen LogP contribution in [0.2, 0.25) is 0 Å². The average Bonchev–Trinajstić information content (AvgIpc) is 2.60. The minimum atomic E-state index is -0.243. The molecule has 2 aromatic carbocycles. The van der Waals surface area contributed by atoms with E-state index in [1.807, 2.05) is 0 Å². The van der Waals surface area contributed by atoms with Crippen LogP contribution in [-0.2, 0) is 11.2 Å². The zero-order chi connectivity index (χ0) is 17.4. The molecule has 0 aromatic heterocycles. The van der Waals surface area contributed by atoms with E-state index < -0.39 is 0 Å². The standard InChI is InChI=1S/C19H21FN2O2/c1-21-19(24)16-7-3-4-8-17(16)22-18(23)9-5-2-6-14-10-12-15(20)13-11-14/h3-4,7-8,10-13H,2,5-6,9H2,1H3,(H,21,24)(H,22,23). The highest BCUT2D eigenvalue weighted by atomic mass is 19.1. The summed E-state index contributed by atoms with van der Waals surface area (Å²) in [6, 6.07) is 13.3. The minimum Gasteiger partial charge on any atom is -0.355 e. The third-order valence-electron chi connectivity index (χ3n) is 3.71. The molecule has 5 heteroatoms. The van der Waals surface area contributed by atoms with Crippen molar-refractivity contribution in [1.29, 1.82) is 0 Å². The van der Waals surface area contributed by atoms with Crippen molar-refractivity contribution in [2.75, 3.05) is 12.4 Å². The molecule has 2 aromatic rings. The normalized spacial score (nSPS) is 10.2. The molecular formula is C19H21FN2O2. The van der Waals surface area contributed by atoms with Gasteiger partial charge in [-0.05, 0) is 49.1 Å². The van der Waals surface area contributed by atoms with Gasteiger partial charge in [0.25, 0.3) is 5.91 Å². The summed E-state index contributed by atoms with van der Waals surface area (Å²) < 4.78 is 12.8. The fourth-order valence-corrected chi connectivity index (χ4v) is 2.40. The summed E-state index contributed by atoms with van der Waals surface area (Å²) in [6.07, 6.45) is 2.76. The quantitative estimate of drug-likeness (QED) is 0.764. The molecule has 0 atom stereocenters. The topological polar surface area (TPSA) is 58.2 Å². The molecule has 0 saturated carbocycles. The van der Waals surface area contributed by atoms with Crippen molar-refractivity contribution in [2.24, 2.45) is 0 Å². The molecule has 0 aliphatic rings. The molecule has 24 heavy (non-hydrogen) atoms. The molecular weight excluding hydrogens is 307 g/mol. The van der Waals surface area contributed by atoms with E-state index in [1.54, 1.807) is 43.4 Å². The number of anilines is 1. The van der Waals surface area contributed by atoms with Crippen LogP contribution < -0.4 is 10.6 Å². The molecule has 0 radical (unpaired) electrons. The number of nitrogens with one attached hydrogen (secondary N) is 2. The van der Waals surface area contributed by atoms with Crippen LogP contribution in [0.1, 0.15) is 35.2 Å². The molecule has 2 N–H and O–H groups in total. The largest absolute Gasteiger partial charge is 0.355 e. The summed E-state index contributed by atoms with van der Waals surface area (Å²) >= 11 is 0. The Kier molecular flexibility index (Phi) is 6.49. The van der Waals surface area contributed by atoms with Crippen molar-refractivity contribution >= 4 is 17.5 Å². The molecule has 2 rings (SSSR count). The molecule has 0 fully saturated rings. The number of unbranched alkanes of at least 4 members (excludes halogenated alkanes) is 1. The van der Waals surface area contributed by atoms with E-state index in [-0.39, 0.29) is 17.6 Å². The van der Waals surface area contributed by atoms with Crippen LogP contribution in [0.15, 0.2) is 48.5 Å². The van der Waals surface area contributed by atoms with Gasteiger partial charge >= 0.3 is 0 Å². The maximum absolute atomic E-state index is 12.8. The number of carbonyl (C=O) groups excluding carboxylic acids is 2. The molecule has 0 heterocycles. The lowest BCUT2D eigenvalue weighted by atomic mass is 10.1. The Hall–Kier alpha value is -2.69. The number of benzene rings is 2.